The molecular weight excluding hydrogens is 774 g/mol. The van der Waals surface area contributed by atoms with Crippen molar-refractivity contribution in [2.45, 2.75) is 161 Å². The second-order valence-electron chi connectivity index (χ2n) is 18.4. The quantitative estimate of drug-likeness (QED) is 0.242. The number of allylic oxidation sites excluding steroid dienone is 3. The maximum absolute atomic E-state index is 14.1. The first kappa shape index (κ1) is 50.0. The number of nitrogens with zero attached hydrogens (tertiary/aromatic N) is 1. The fourth-order valence-electron chi connectivity index (χ4n) is 9.88. The Bertz CT molecular complexity index is 1560. The molecule has 3 heterocycles. The third-order valence-corrected chi connectivity index (χ3v) is 13.5. The van der Waals surface area contributed by atoms with Crippen molar-refractivity contribution >= 4 is 29.0 Å². The summed E-state index contributed by atoms with van der Waals surface area (Å²) in [6.45, 7) is 10.4. The van der Waals surface area contributed by atoms with Crippen molar-refractivity contribution in [3.8, 4) is 0 Å². The molecule has 0 aromatic rings. The number of amides is 1. The van der Waals surface area contributed by atoms with E-state index in [0.717, 1.165) is 11.1 Å². The van der Waals surface area contributed by atoms with Crippen LogP contribution in [0.2, 0.25) is 0 Å². The Morgan fingerprint density at radius 1 is 0.883 bits per heavy atom. The predicted octanol–water partition coefficient (Wildman–Crippen LogP) is 4.33. The monoisotopic (exact) mass is 848 g/mol. The Kier molecular flexibility index (Phi) is 18.8. The van der Waals surface area contributed by atoms with Crippen molar-refractivity contribution in [1.82, 2.24) is 4.90 Å². The van der Waals surface area contributed by atoms with Crippen molar-refractivity contribution in [2.24, 2.45) is 35.5 Å². The third kappa shape index (κ3) is 12.7. The van der Waals surface area contributed by atoms with E-state index in [2.05, 4.69) is 0 Å². The average Bonchev–Trinajstić information content (AvgIpc) is 3.46. The third-order valence-electron chi connectivity index (χ3n) is 13.5. The van der Waals surface area contributed by atoms with Crippen molar-refractivity contribution in [1.29, 1.82) is 0 Å². The van der Waals surface area contributed by atoms with Gasteiger partial charge in [-0.25, -0.2) is 0 Å². The molecule has 3 aliphatic heterocycles. The van der Waals surface area contributed by atoms with E-state index < -0.39 is 77.8 Å². The number of ether oxygens (including phenoxy) is 5. The lowest BCUT2D eigenvalue weighted by Gasteiger charge is -2.46. The van der Waals surface area contributed by atoms with Gasteiger partial charge in [0, 0.05) is 70.9 Å². The zero-order valence-corrected chi connectivity index (χ0v) is 37.4. The first-order valence-corrected chi connectivity index (χ1v) is 22.0. The molecule has 1 aliphatic carbocycles. The topological polar surface area (TPSA) is 195 Å². The van der Waals surface area contributed by atoms with E-state index in [4.69, 9.17) is 23.7 Å². The average molecular weight is 848 g/mol. The lowest BCUT2D eigenvalue weighted by Crippen LogP contribution is -2.63. The number of ketones is 4. The summed E-state index contributed by atoms with van der Waals surface area (Å²) in [6, 6.07) is 0. The highest BCUT2D eigenvalue weighted by atomic mass is 16.7. The van der Waals surface area contributed by atoms with Gasteiger partial charge in [0.2, 0.25) is 5.79 Å². The molecule has 340 valence electrons. The Labute approximate surface area is 356 Å². The van der Waals surface area contributed by atoms with Gasteiger partial charge in [-0.1, -0.05) is 44.9 Å². The Hall–Kier alpha value is -2.69. The first-order chi connectivity index (χ1) is 28.3. The van der Waals surface area contributed by atoms with Gasteiger partial charge in [0.25, 0.3) is 11.7 Å². The van der Waals surface area contributed by atoms with E-state index >= 15 is 0 Å². The van der Waals surface area contributed by atoms with E-state index in [1.807, 2.05) is 26.8 Å². The van der Waals surface area contributed by atoms with E-state index in [0.29, 0.717) is 51.4 Å². The van der Waals surface area contributed by atoms with Crippen LogP contribution in [0.15, 0.2) is 23.3 Å². The van der Waals surface area contributed by atoms with Crippen molar-refractivity contribution in [3.63, 3.8) is 0 Å². The normalized spacial score (nSPS) is 40.1. The Morgan fingerprint density at radius 2 is 1.55 bits per heavy atom. The number of carbonyl (C=O) groups is 5. The van der Waals surface area contributed by atoms with Crippen LogP contribution in [-0.2, 0) is 47.7 Å². The second-order valence-corrected chi connectivity index (χ2v) is 18.4. The van der Waals surface area contributed by atoms with Gasteiger partial charge >= 0.3 is 0 Å². The summed E-state index contributed by atoms with van der Waals surface area (Å²) in [4.78, 5) is 70.0. The number of fused-ring (bicyclic) bond motifs is 4. The van der Waals surface area contributed by atoms with Crippen molar-refractivity contribution in [3.05, 3.63) is 23.3 Å². The van der Waals surface area contributed by atoms with E-state index in [1.54, 1.807) is 27.0 Å². The SMILES string of the molecule is COC1CC(/C=C(\C)C2OCC(=O)C3CCCCN(C3)C(=O)C(=O)C3(O)OC(C(OC)CC(C)C/C(C)=C/C(CC(C)=O)C(=O)CC(O)C2C)C(OC)CC3C)CCC1O. The van der Waals surface area contributed by atoms with Crippen LogP contribution in [0.1, 0.15) is 112 Å². The molecule has 0 aromatic carbocycles. The number of hydrogen-bond donors (Lipinski definition) is 3. The van der Waals surface area contributed by atoms with Gasteiger partial charge in [0.1, 0.15) is 24.3 Å². The van der Waals surface area contributed by atoms with Crippen LogP contribution < -0.4 is 0 Å². The number of hydrogen-bond acceptors (Lipinski definition) is 13. The molecule has 1 amide bonds. The van der Waals surface area contributed by atoms with Crippen LogP contribution in [0.5, 0.6) is 0 Å². The summed E-state index contributed by atoms with van der Waals surface area (Å²) in [7, 11) is 4.60. The van der Waals surface area contributed by atoms with Gasteiger partial charge in [0.15, 0.2) is 5.78 Å². The van der Waals surface area contributed by atoms with Gasteiger partial charge in [-0.05, 0) is 89.5 Å². The molecule has 0 spiro atoms. The molecule has 14 atom stereocenters. The summed E-state index contributed by atoms with van der Waals surface area (Å²) < 4.78 is 29.9. The maximum atomic E-state index is 14.1. The van der Waals surface area contributed by atoms with Crippen LogP contribution in [-0.4, -0.2) is 139 Å². The van der Waals surface area contributed by atoms with Crippen LogP contribution in [0.4, 0.5) is 0 Å². The van der Waals surface area contributed by atoms with E-state index in [1.165, 1.54) is 26.0 Å². The molecule has 14 nitrogen and oxygen atoms in total. The summed E-state index contributed by atoms with van der Waals surface area (Å²) in [5.74, 6) is -8.12. The highest BCUT2D eigenvalue weighted by Gasteiger charge is 2.56. The van der Waals surface area contributed by atoms with Crippen LogP contribution in [0.3, 0.4) is 0 Å². The zero-order chi connectivity index (χ0) is 44.5. The fourth-order valence-corrected chi connectivity index (χ4v) is 9.88. The number of aliphatic hydroxyl groups is 3. The zero-order valence-electron chi connectivity index (χ0n) is 37.4. The number of rotatable bonds is 7. The minimum atomic E-state index is -2.47. The molecule has 4 bridgehead atoms. The van der Waals surface area contributed by atoms with Crippen molar-refractivity contribution < 1.29 is 63.0 Å². The molecule has 4 aliphatic rings. The van der Waals surface area contributed by atoms with Crippen molar-refractivity contribution in [2.75, 3.05) is 41.0 Å². The van der Waals surface area contributed by atoms with Crippen LogP contribution in [0.25, 0.3) is 0 Å². The Balaban J connectivity index is 1.73. The largest absolute Gasteiger partial charge is 0.392 e. The summed E-state index contributed by atoms with van der Waals surface area (Å²) in [6.07, 6.45) is 3.23. The summed E-state index contributed by atoms with van der Waals surface area (Å²) >= 11 is 0. The van der Waals surface area contributed by atoms with Gasteiger partial charge in [-0.3, -0.25) is 24.0 Å². The predicted molar refractivity (Wildman–Crippen MR) is 223 cm³/mol. The molecule has 3 N–H and O–H groups in total. The highest BCUT2D eigenvalue weighted by molar-refractivity contribution is 6.38. The highest BCUT2D eigenvalue weighted by Crippen LogP contribution is 2.39. The number of Topliss-reactive ketones (excluding diaryl/α,β-unsaturated/α-hetero) is 4. The molecule has 14 heteroatoms. The summed E-state index contributed by atoms with van der Waals surface area (Å²) in [5, 5.41) is 34.1. The van der Waals surface area contributed by atoms with Gasteiger partial charge < -0.3 is 43.9 Å². The fraction of sp³-hybridized carbons (Fsp3) is 0.804. The maximum Gasteiger partial charge on any atom is 0.295 e. The van der Waals surface area contributed by atoms with Gasteiger partial charge in [0.05, 0.1) is 36.6 Å². The van der Waals surface area contributed by atoms with Gasteiger partial charge in [-0.2, -0.15) is 0 Å². The number of methoxy groups -OCH3 is 3. The lowest BCUT2D eigenvalue weighted by molar-refractivity contribution is -0.302. The van der Waals surface area contributed by atoms with Gasteiger partial charge in [-0.15, -0.1) is 0 Å². The minimum absolute atomic E-state index is 0.0265. The lowest BCUT2D eigenvalue weighted by atomic mass is 9.81. The first-order valence-electron chi connectivity index (χ1n) is 22.0. The van der Waals surface area contributed by atoms with Crippen LogP contribution >= 0.6 is 0 Å². The van der Waals surface area contributed by atoms with Crippen LogP contribution in [0, 0.1) is 35.5 Å². The number of carbonyl (C=O) groups excluding carboxylic acids is 5. The number of aliphatic hydroxyl groups excluding tert-OH is 2. The minimum Gasteiger partial charge on any atom is -0.392 e. The molecule has 1 saturated carbocycles. The molecule has 3 fully saturated rings. The standard InChI is InChI=1S/C46H73NO13/c1-26-16-27(2)18-40(57-8)43-41(58-9)20-29(4)46(55,60-43)44(53)45(54)47-15-11-10-12-33(24-47)38(52)25-59-42(28(3)19-32-13-14-35(49)39(22-32)56-7)31(6)36(50)23-37(51)34(17-26)21-30(5)48/h17,19,27,29,31-36,39-43,49-50,55H,10-16,18,20-25H2,1-9H3/b26-17+,28-19+. The molecular formula is C46H73NO13. The molecule has 2 saturated heterocycles. The van der Waals surface area contributed by atoms with E-state index in [9.17, 15) is 39.3 Å². The smallest absolute Gasteiger partial charge is 0.295 e. The molecule has 0 radical (unpaired) electrons. The molecule has 14 unspecified atom stereocenters. The molecule has 60 heavy (non-hydrogen) atoms. The second kappa shape index (κ2) is 22.6. The summed E-state index contributed by atoms with van der Waals surface area (Å²) in [5.41, 5.74) is 1.62. The molecule has 0 aromatic heterocycles. The molecule has 4 rings (SSSR count). The van der Waals surface area contributed by atoms with E-state index in [-0.39, 0.29) is 74.2 Å². The Morgan fingerprint density at radius 3 is 2.20 bits per heavy atom.